The largest absolute Gasteiger partial charge is 0.507 e. The van der Waals surface area contributed by atoms with E-state index in [0.717, 1.165) is 29.5 Å². The highest BCUT2D eigenvalue weighted by Gasteiger charge is 2.40. The van der Waals surface area contributed by atoms with Crippen LogP contribution in [0.2, 0.25) is 0 Å². The molecule has 0 radical (unpaired) electrons. The molecule has 1 aliphatic carbocycles. The molecule has 2 heteroatoms. The lowest BCUT2D eigenvalue weighted by Gasteiger charge is -2.12. The molecule has 0 aromatic heterocycles. The standard InChI is InChI=1S/C12H16O2/c1-8-5-9(2)11(13)10(6-8)7-12(14)3-4-12/h5-6,13-14H,3-4,7H2,1-2H3. The van der Waals surface area contributed by atoms with E-state index in [4.69, 9.17) is 0 Å². The summed E-state index contributed by atoms with van der Waals surface area (Å²) in [5.74, 6) is 0.343. The van der Waals surface area contributed by atoms with E-state index >= 15 is 0 Å². The summed E-state index contributed by atoms with van der Waals surface area (Å²) in [5.41, 5.74) is 2.38. The molecule has 0 bridgehead atoms. The molecule has 1 saturated carbocycles. The zero-order valence-corrected chi connectivity index (χ0v) is 8.67. The van der Waals surface area contributed by atoms with Gasteiger partial charge in [0.25, 0.3) is 0 Å². The molecule has 1 aromatic rings. The van der Waals surface area contributed by atoms with Crippen molar-refractivity contribution in [1.29, 1.82) is 0 Å². The van der Waals surface area contributed by atoms with Crippen molar-refractivity contribution in [2.45, 2.75) is 38.7 Å². The summed E-state index contributed by atoms with van der Waals surface area (Å²) in [6, 6.07) is 3.91. The summed E-state index contributed by atoms with van der Waals surface area (Å²) in [7, 11) is 0. The molecule has 76 valence electrons. The number of aryl methyl sites for hydroxylation is 2. The van der Waals surface area contributed by atoms with Crippen LogP contribution in [0.4, 0.5) is 0 Å². The van der Waals surface area contributed by atoms with E-state index in [1.807, 2.05) is 26.0 Å². The van der Waals surface area contributed by atoms with Crippen LogP contribution in [0.5, 0.6) is 5.75 Å². The van der Waals surface area contributed by atoms with Crippen molar-refractivity contribution in [3.8, 4) is 5.75 Å². The fourth-order valence-electron chi connectivity index (χ4n) is 1.86. The molecule has 1 aromatic carbocycles. The van der Waals surface area contributed by atoms with E-state index in [1.54, 1.807) is 0 Å². The van der Waals surface area contributed by atoms with Gasteiger partial charge in [0.2, 0.25) is 0 Å². The van der Waals surface area contributed by atoms with Crippen LogP contribution in [-0.2, 0) is 6.42 Å². The minimum absolute atomic E-state index is 0.343. The minimum Gasteiger partial charge on any atom is -0.507 e. The third kappa shape index (κ3) is 1.75. The Balaban J connectivity index is 2.32. The zero-order chi connectivity index (χ0) is 10.3. The molecule has 0 unspecified atom stereocenters. The van der Waals surface area contributed by atoms with E-state index in [1.165, 1.54) is 0 Å². The first kappa shape index (κ1) is 9.53. The summed E-state index contributed by atoms with van der Waals surface area (Å²) in [4.78, 5) is 0. The minimum atomic E-state index is -0.530. The smallest absolute Gasteiger partial charge is 0.121 e. The van der Waals surface area contributed by atoms with Crippen molar-refractivity contribution < 1.29 is 10.2 Å². The maximum Gasteiger partial charge on any atom is 0.121 e. The van der Waals surface area contributed by atoms with Gasteiger partial charge in [-0.05, 0) is 37.8 Å². The summed E-state index contributed by atoms with van der Waals surface area (Å²) < 4.78 is 0. The first-order valence-corrected chi connectivity index (χ1v) is 5.02. The molecule has 0 atom stereocenters. The number of hydrogen-bond donors (Lipinski definition) is 2. The molecular formula is C12H16O2. The van der Waals surface area contributed by atoms with Gasteiger partial charge in [0.1, 0.15) is 5.75 Å². The van der Waals surface area contributed by atoms with Gasteiger partial charge in [0.15, 0.2) is 0 Å². The molecule has 0 aliphatic heterocycles. The van der Waals surface area contributed by atoms with E-state index in [2.05, 4.69) is 0 Å². The number of phenols is 1. The predicted octanol–water partition coefficient (Wildman–Crippen LogP) is 2.08. The van der Waals surface area contributed by atoms with E-state index in [0.29, 0.717) is 12.2 Å². The second kappa shape index (κ2) is 2.99. The second-order valence-electron chi connectivity index (χ2n) is 4.49. The highest BCUT2D eigenvalue weighted by atomic mass is 16.3. The Labute approximate surface area is 84.2 Å². The SMILES string of the molecule is Cc1cc(C)c(O)c(CC2(O)CC2)c1. The van der Waals surface area contributed by atoms with Gasteiger partial charge >= 0.3 is 0 Å². The molecule has 14 heavy (non-hydrogen) atoms. The maximum absolute atomic E-state index is 9.80. The van der Waals surface area contributed by atoms with Crippen LogP contribution in [0, 0.1) is 13.8 Å². The van der Waals surface area contributed by atoms with Crippen LogP contribution >= 0.6 is 0 Å². The van der Waals surface area contributed by atoms with Crippen LogP contribution in [0.1, 0.15) is 29.5 Å². The van der Waals surface area contributed by atoms with Crippen LogP contribution in [0.25, 0.3) is 0 Å². The normalized spacial score (nSPS) is 18.2. The second-order valence-corrected chi connectivity index (χ2v) is 4.49. The quantitative estimate of drug-likeness (QED) is 0.753. The number of aliphatic hydroxyl groups is 1. The average molecular weight is 192 g/mol. The first-order valence-electron chi connectivity index (χ1n) is 5.02. The molecule has 2 N–H and O–H groups in total. The average Bonchev–Trinajstić information content (AvgIpc) is 2.79. The molecule has 0 spiro atoms. The van der Waals surface area contributed by atoms with Gasteiger partial charge in [-0.25, -0.2) is 0 Å². The van der Waals surface area contributed by atoms with Crippen molar-refractivity contribution >= 4 is 0 Å². The van der Waals surface area contributed by atoms with Crippen molar-refractivity contribution in [1.82, 2.24) is 0 Å². The third-order valence-corrected chi connectivity index (χ3v) is 2.87. The van der Waals surface area contributed by atoms with Gasteiger partial charge in [-0.2, -0.15) is 0 Å². The Morgan fingerprint density at radius 1 is 1.29 bits per heavy atom. The summed E-state index contributed by atoms with van der Waals surface area (Å²) >= 11 is 0. The summed E-state index contributed by atoms with van der Waals surface area (Å²) in [6.07, 6.45) is 2.31. The number of aromatic hydroxyl groups is 1. The number of benzene rings is 1. The fraction of sp³-hybridized carbons (Fsp3) is 0.500. The number of hydrogen-bond acceptors (Lipinski definition) is 2. The molecule has 2 nitrogen and oxygen atoms in total. The topological polar surface area (TPSA) is 40.5 Å². The van der Waals surface area contributed by atoms with Gasteiger partial charge in [-0.3, -0.25) is 0 Å². The van der Waals surface area contributed by atoms with Crippen molar-refractivity contribution in [2.75, 3.05) is 0 Å². The molecular weight excluding hydrogens is 176 g/mol. The molecule has 2 rings (SSSR count). The Morgan fingerprint density at radius 3 is 2.50 bits per heavy atom. The van der Waals surface area contributed by atoms with Gasteiger partial charge < -0.3 is 10.2 Å². The van der Waals surface area contributed by atoms with E-state index in [-0.39, 0.29) is 0 Å². The lowest BCUT2D eigenvalue weighted by atomic mass is 10.00. The Morgan fingerprint density at radius 2 is 1.93 bits per heavy atom. The van der Waals surface area contributed by atoms with Gasteiger partial charge in [-0.1, -0.05) is 17.7 Å². The van der Waals surface area contributed by atoms with Gasteiger partial charge in [0.05, 0.1) is 5.60 Å². The summed E-state index contributed by atoms with van der Waals surface area (Å²) in [5, 5.41) is 19.6. The molecule has 1 aliphatic rings. The monoisotopic (exact) mass is 192 g/mol. The van der Waals surface area contributed by atoms with Crippen LogP contribution in [0.3, 0.4) is 0 Å². The van der Waals surface area contributed by atoms with Crippen molar-refractivity contribution in [3.05, 3.63) is 28.8 Å². The number of phenolic OH excluding ortho intramolecular Hbond substituents is 1. The molecule has 1 fully saturated rings. The highest BCUT2D eigenvalue weighted by molar-refractivity contribution is 5.43. The molecule has 0 saturated heterocycles. The van der Waals surface area contributed by atoms with Crippen LogP contribution < -0.4 is 0 Å². The van der Waals surface area contributed by atoms with E-state index in [9.17, 15) is 10.2 Å². The van der Waals surface area contributed by atoms with Gasteiger partial charge in [0, 0.05) is 6.42 Å². The number of rotatable bonds is 2. The highest BCUT2D eigenvalue weighted by Crippen LogP contribution is 2.40. The lowest BCUT2D eigenvalue weighted by molar-refractivity contribution is 0.150. The zero-order valence-electron chi connectivity index (χ0n) is 8.67. The lowest BCUT2D eigenvalue weighted by Crippen LogP contribution is -2.11. The van der Waals surface area contributed by atoms with E-state index < -0.39 is 5.60 Å². The Hall–Kier alpha value is -1.02. The summed E-state index contributed by atoms with van der Waals surface area (Å²) in [6.45, 7) is 3.90. The Bertz CT molecular complexity index is 365. The van der Waals surface area contributed by atoms with Crippen LogP contribution in [0.15, 0.2) is 12.1 Å². The predicted molar refractivity (Wildman–Crippen MR) is 55.5 cm³/mol. The maximum atomic E-state index is 9.80. The third-order valence-electron chi connectivity index (χ3n) is 2.87. The van der Waals surface area contributed by atoms with Crippen LogP contribution in [-0.4, -0.2) is 15.8 Å². The first-order chi connectivity index (χ1) is 6.50. The fourth-order valence-corrected chi connectivity index (χ4v) is 1.86. The van der Waals surface area contributed by atoms with Crippen molar-refractivity contribution in [2.24, 2.45) is 0 Å². The molecule has 0 amide bonds. The van der Waals surface area contributed by atoms with Gasteiger partial charge in [-0.15, -0.1) is 0 Å². The molecule has 0 heterocycles. The van der Waals surface area contributed by atoms with Crippen molar-refractivity contribution in [3.63, 3.8) is 0 Å². The Kier molecular flexibility index (Phi) is 2.04.